The van der Waals surface area contributed by atoms with E-state index in [1.807, 2.05) is 0 Å². The second kappa shape index (κ2) is 10.8. The minimum Gasteiger partial charge on any atom is -0.374 e. The predicted octanol–water partition coefficient (Wildman–Crippen LogP) is 3.96. The van der Waals surface area contributed by atoms with Crippen LogP contribution >= 0.6 is 0 Å². The van der Waals surface area contributed by atoms with Gasteiger partial charge >= 0.3 is 5.76 Å². The summed E-state index contributed by atoms with van der Waals surface area (Å²) in [6.45, 7) is 8.78. The highest BCUT2D eigenvalue weighted by molar-refractivity contribution is 6.06. The molecule has 5 aliphatic rings. The van der Waals surface area contributed by atoms with Crippen molar-refractivity contribution in [3.8, 4) is 0 Å². The van der Waals surface area contributed by atoms with Crippen molar-refractivity contribution in [1.82, 2.24) is 25.0 Å². The van der Waals surface area contributed by atoms with Crippen LogP contribution in [-0.2, 0) is 11.3 Å². The summed E-state index contributed by atoms with van der Waals surface area (Å²) >= 11 is 0. The third kappa shape index (κ3) is 4.81. The molecule has 216 valence electrons. The summed E-state index contributed by atoms with van der Waals surface area (Å²) in [6.07, 6.45) is 14.1. The number of morpholine rings is 1. The number of nitrogens with zero attached hydrogens (tertiary/aromatic N) is 5. The molecule has 4 atom stereocenters. The van der Waals surface area contributed by atoms with Crippen molar-refractivity contribution in [2.75, 3.05) is 23.4 Å². The third-order valence-corrected chi connectivity index (χ3v) is 10.1. The number of amidine groups is 1. The van der Waals surface area contributed by atoms with Gasteiger partial charge in [0.15, 0.2) is 11.7 Å². The van der Waals surface area contributed by atoms with Crippen LogP contribution in [-0.4, -0.2) is 56.9 Å². The maximum absolute atomic E-state index is 11.8. The van der Waals surface area contributed by atoms with Gasteiger partial charge in [-0.15, -0.1) is 6.58 Å². The SMILES string of the molecule is C=CC1CCC(Cn2c(N3CCOC4CCCC43)nc3c2C(NC(C)C2CCC2)N=C(c2noc(=O)[nH]2)N3)CC1. The lowest BCUT2D eigenvalue weighted by atomic mass is 9.80. The first-order valence-corrected chi connectivity index (χ1v) is 15.4. The van der Waals surface area contributed by atoms with Gasteiger partial charge in [0.05, 0.1) is 18.8 Å². The molecule has 0 amide bonds. The van der Waals surface area contributed by atoms with Crippen molar-refractivity contribution >= 4 is 17.6 Å². The Bertz CT molecular complexity index is 1300. The summed E-state index contributed by atoms with van der Waals surface area (Å²) in [5, 5.41) is 11.2. The van der Waals surface area contributed by atoms with Gasteiger partial charge in [0, 0.05) is 19.1 Å². The Hall–Kier alpha value is -2.92. The zero-order chi connectivity index (χ0) is 27.2. The maximum Gasteiger partial charge on any atom is 0.439 e. The Balaban J connectivity index is 1.28. The molecule has 1 saturated heterocycles. The standard InChI is InChI=1S/C29H42N8O3/c1-3-18-10-12-19(13-11-18)16-37-23-24(30-17(2)20-6-4-7-20)31-26(27-34-29(38)40-35-27)32-25(23)33-28(37)36-14-15-39-22-9-5-8-21(22)36/h3,17-22,24,30H,1,4-16H2,2H3,(H,31,32)(H,34,35,38). The number of ether oxygens (including phenoxy) is 1. The average molecular weight is 551 g/mol. The molecule has 3 saturated carbocycles. The highest BCUT2D eigenvalue weighted by Gasteiger charge is 2.41. The van der Waals surface area contributed by atoms with Gasteiger partial charge in [-0.1, -0.05) is 17.7 Å². The summed E-state index contributed by atoms with van der Waals surface area (Å²) in [7, 11) is 0. The van der Waals surface area contributed by atoms with E-state index in [0.717, 1.165) is 50.0 Å². The Kier molecular flexibility index (Phi) is 7.03. The summed E-state index contributed by atoms with van der Waals surface area (Å²) in [5.41, 5.74) is 1.07. The molecule has 0 aromatic carbocycles. The van der Waals surface area contributed by atoms with Gasteiger partial charge in [0.1, 0.15) is 11.9 Å². The Morgan fingerprint density at radius 2 is 1.98 bits per heavy atom. The van der Waals surface area contributed by atoms with Crippen molar-refractivity contribution in [2.45, 2.75) is 102 Å². The topological polar surface area (TPSA) is 126 Å². The molecule has 4 fully saturated rings. The highest BCUT2D eigenvalue weighted by atomic mass is 16.5. The number of allylic oxidation sites excluding steroid dienone is 1. The zero-order valence-electron chi connectivity index (χ0n) is 23.5. The summed E-state index contributed by atoms with van der Waals surface area (Å²) in [6, 6.07) is 0.656. The maximum atomic E-state index is 11.8. The zero-order valence-corrected chi connectivity index (χ0v) is 23.5. The summed E-state index contributed by atoms with van der Waals surface area (Å²) < 4.78 is 13.5. The minimum atomic E-state index is -0.598. The normalized spacial score (nSPS) is 31.1. The number of fused-ring (bicyclic) bond motifs is 2. The van der Waals surface area contributed by atoms with E-state index in [9.17, 15) is 4.79 Å². The Morgan fingerprint density at radius 3 is 2.70 bits per heavy atom. The highest BCUT2D eigenvalue weighted by Crippen LogP contribution is 2.41. The van der Waals surface area contributed by atoms with Gasteiger partial charge in [-0.05, 0) is 82.5 Å². The number of H-pyrrole nitrogens is 1. The summed E-state index contributed by atoms with van der Waals surface area (Å²) in [5.74, 6) is 3.81. The molecule has 0 radical (unpaired) electrons. The number of hydrogen-bond donors (Lipinski definition) is 3. The second-order valence-corrected chi connectivity index (χ2v) is 12.5. The average Bonchev–Trinajstić information content (AvgIpc) is 3.66. The number of aromatic nitrogens is 4. The number of rotatable bonds is 8. The van der Waals surface area contributed by atoms with E-state index in [1.165, 1.54) is 51.4 Å². The quantitative estimate of drug-likeness (QED) is 0.422. The first kappa shape index (κ1) is 26.0. The molecule has 40 heavy (non-hydrogen) atoms. The van der Waals surface area contributed by atoms with Crippen LogP contribution in [0.4, 0.5) is 11.8 Å². The number of anilines is 2. The number of aromatic amines is 1. The van der Waals surface area contributed by atoms with Crippen molar-refractivity contribution in [2.24, 2.45) is 22.7 Å². The fraction of sp³-hybridized carbons (Fsp3) is 0.724. The molecule has 2 aromatic rings. The van der Waals surface area contributed by atoms with E-state index >= 15 is 0 Å². The van der Waals surface area contributed by atoms with Crippen LogP contribution in [0.3, 0.4) is 0 Å². The van der Waals surface area contributed by atoms with Crippen molar-refractivity contribution in [1.29, 1.82) is 0 Å². The lowest BCUT2D eigenvalue weighted by Gasteiger charge is -2.39. The molecule has 0 bridgehead atoms. The van der Waals surface area contributed by atoms with Crippen molar-refractivity contribution in [3.05, 3.63) is 34.7 Å². The van der Waals surface area contributed by atoms with E-state index in [1.54, 1.807) is 0 Å². The van der Waals surface area contributed by atoms with Gasteiger partial charge in [-0.25, -0.2) is 9.79 Å². The lowest BCUT2D eigenvalue weighted by Crippen LogP contribution is -2.50. The van der Waals surface area contributed by atoms with Gasteiger partial charge in [0.25, 0.3) is 0 Å². The van der Waals surface area contributed by atoms with Gasteiger partial charge in [-0.3, -0.25) is 14.8 Å². The van der Waals surface area contributed by atoms with Crippen LogP contribution < -0.4 is 21.3 Å². The van der Waals surface area contributed by atoms with Gasteiger partial charge in [0.2, 0.25) is 11.8 Å². The number of hydrogen-bond acceptors (Lipinski definition) is 9. The predicted molar refractivity (Wildman–Crippen MR) is 153 cm³/mol. The fourth-order valence-corrected chi connectivity index (χ4v) is 7.49. The van der Waals surface area contributed by atoms with E-state index in [0.29, 0.717) is 41.5 Å². The van der Waals surface area contributed by atoms with E-state index in [-0.39, 0.29) is 12.3 Å². The molecule has 3 N–H and O–H groups in total. The van der Waals surface area contributed by atoms with Crippen LogP contribution in [0.25, 0.3) is 0 Å². The molecular formula is C29H42N8O3. The largest absolute Gasteiger partial charge is 0.439 e. The monoisotopic (exact) mass is 550 g/mol. The van der Waals surface area contributed by atoms with Crippen LogP contribution in [0.1, 0.15) is 88.8 Å². The van der Waals surface area contributed by atoms with Crippen LogP contribution in [0.15, 0.2) is 27.0 Å². The lowest BCUT2D eigenvalue weighted by molar-refractivity contribution is 0.0246. The summed E-state index contributed by atoms with van der Waals surface area (Å²) in [4.78, 5) is 27.3. The first-order valence-electron chi connectivity index (χ1n) is 15.4. The van der Waals surface area contributed by atoms with Crippen LogP contribution in [0.2, 0.25) is 0 Å². The van der Waals surface area contributed by atoms with Gasteiger partial charge in [-0.2, -0.15) is 4.98 Å². The van der Waals surface area contributed by atoms with Crippen LogP contribution in [0.5, 0.6) is 0 Å². The second-order valence-electron chi connectivity index (χ2n) is 12.5. The molecule has 4 heterocycles. The fourth-order valence-electron chi connectivity index (χ4n) is 7.49. The molecule has 3 aliphatic carbocycles. The Morgan fingerprint density at radius 1 is 1.15 bits per heavy atom. The van der Waals surface area contributed by atoms with E-state index in [2.05, 4.69) is 49.8 Å². The number of aliphatic imine (C=N–C) groups is 1. The molecule has 2 aromatic heterocycles. The first-order chi connectivity index (χ1) is 19.6. The smallest absolute Gasteiger partial charge is 0.374 e. The molecule has 0 spiro atoms. The molecule has 2 aliphatic heterocycles. The van der Waals surface area contributed by atoms with Crippen molar-refractivity contribution in [3.63, 3.8) is 0 Å². The van der Waals surface area contributed by atoms with E-state index < -0.39 is 5.76 Å². The molecule has 7 rings (SSSR count). The minimum absolute atomic E-state index is 0.270. The third-order valence-electron chi connectivity index (χ3n) is 10.1. The van der Waals surface area contributed by atoms with E-state index in [4.69, 9.17) is 19.2 Å². The molecule has 11 nitrogen and oxygen atoms in total. The molecule has 4 unspecified atom stereocenters. The van der Waals surface area contributed by atoms with Gasteiger partial charge < -0.3 is 19.5 Å². The van der Waals surface area contributed by atoms with Crippen molar-refractivity contribution < 1.29 is 9.26 Å². The molecular weight excluding hydrogens is 508 g/mol. The number of nitrogens with one attached hydrogen (secondary N) is 3. The number of imidazole rings is 1. The molecule has 11 heteroatoms. The Labute approximate surface area is 234 Å². The van der Waals surface area contributed by atoms with Crippen LogP contribution in [0, 0.1) is 17.8 Å².